The van der Waals surface area contributed by atoms with Crippen molar-refractivity contribution in [1.82, 2.24) is 24.6 Å². The molecule has 11 heteroatoms. The summed E-state index contributed by atoms with van der Waals surface area (Å²) in [7, 11) is 2.08. The number of rotatable bonds is 4. The van der Waals surface area contributed by atoms with Gasteiger partial charge in [0.1, 0.15) is 23.7 Å². The summed E-state index contributed by atoms with van der Waals surface area (Å²) in [5.41, 5.74) is 7.59. The molecule has 0 saturated carbocycles. The third-order valence-electron chi connectivity index (χ3n) is 7.13. The number of anilines is 1. The van der Waals surface area contributed by atoms with Crippen molar-refractivity contribution in [3.63, 3.8) is 0 Å². The number of hydrogen-bond donors (Lipinski definition) is 1. The van der Waals surface area contributed by atoms with Gasteiger partial charge in [-0.2, -0.15) is 18.3 Å². The number of halogens is 4. The molecular formula is C29H26F4N6O. The number of fused-ring (bicyclic) bond motifs is 1. The fourth-order valence-electron chi connectivity index (χ4n) is 4.82. The Bertz CT molecular complexity index is 1660. The maximum absolute atomic E-state index is 13.7. The third kappa shape index (κ3) is 5.53. The summed E-state index contributed by atoms with van der Waals surface area (Å²) < 4.78 is 54.8. The second-order valence-corrected chi connectivity index (χ2v) is 9.98. The highest BCUT2D eigenvalue weighted by Crippen LogP contribution is 2.32. The van der Waals surface area contributed by atoms with Crippen LogP contribution in [0.2, 0.25) is 0 Å². The number of ketones is 1. The fourth-order valence-corrected chi connectivity index (χ4v) is 4.82. The molecule has 1 saturated heterocycles. The number of likely N-dealkylation sites (tertiary alicyclic amines) is 1. The Labute approximate surface area is 228 Å². The monoisotopic (exact) mass is 550 g/mol. The predicted octanol–water partition coefficient (Wildman–Crippen LogP) is 4.97. The Morgan fingerprint density at radius 2 is 1.85 bits per heavy atom. The largest absolute Gasteiger partial charge is 0.419 e. The minimum absolute atomic E-state index is 0.156. The van der Waals surface area contributed by atoms with Crippen LogP contribution in [-0.4, -0.2) is 50.6 Å². The van der Waals surface area contributed by atoms with E-state index in [1.54, 1.807) is 18.2 Å². The quantitative estimate of drug-likeness (QED) is 0.219. The molecule has 0 unspecified atom stereocenters. The van der Waals surface area contributed by atoms with Crippen LogP contribution in [0.25, 0.3) is 11.0 Å². The van der Waals surface area contributed by atoms with Crippen molar-refractivity contribution < 1.29 is 22.4 Å². The van der Waals surface area contributed by atoms with Crippen LogP contribution in [0, 0.1) is 24.6 Å². The highest BCUT2D eigenvalue weighted by atomic mass is 19.4. The van der Waals surface area contributed by atoms with E-state index < -0.39 is 23.3 Å². The first-order valence-corrected chi connectivity index (χ1v) is 12.7. The van der Waals surface area contributed by atoms with Crippen molar-refractivity contribution in [1.29, 1.82) is 0 Å². The van der Waals surface area contributed by atoms with Crippen LogP contribution in [0.5, 0.6) is 0 Å². The zero-order valence-corrected chi connectivity index (χ0v) is 21.9. The number of carbonyl (C=O) groups is 1. The molecule has 0 bridgehead atoms. The van der Waals surface area contributed by atoms with E-state index >= 15 is 0 Å². The molecule has 2 aromatic carbocycles. The first-order valence-electron chi connectivity index (χ1n) is 12.7. The van der Waals surface area contributed by atoms with E-state index in [2.05, 4.69) is 33.8 Å². The molecule has 7 nitrogen and oxygen atoms in total. The normalized spacial score (nSPS) is 14.8. The lowest BCUT2D eigenvalue weighted by Gasteiger charge is -2.29. The number of piperidine rings is 1. The molecule has 0 radical (unpaired) electrons. The second kappa shape index (κ2) is 10.7. The lowest BCUT2D eigenvalue weighted by molar-refractivity contribution is -0.140. The maximum Gasteiger partial charge on any atom is 0.419 e. The average Bonchev–Trinajstić information content (AvgIpc) is 3.29. The number of Topliss-reactive ketones (excluding diaryl/α,β-unsaturated/α-hetero) is 1. The summed E-state index contributed by atoms with van der Waals surface area (Å²) in [5.74, 6) is 4.49. The van der Waals surface area contributed by atoms with E-state index in [0.717, 1.165) is 37.6 Å². The number of hydrogen-bond acceptors (Lipinski definition) is 6. The van der Waals surface area contributed by atoms with Gasteiger partial charge in [0.05, 0.1) is 17.0 Å². The molecule has 0 atom stereocenters. The van der Waals surface area contributed by atoms with Crippen LogP contribution in [0.4, 0.5) is 23.4 Å². The fraction of sp³-hybridized carbons (Fsp3) is 0.310. The Morgan fingerprint density at radius 1 is 1.10 bits per heavy atom. The van der Waals surface area contributed by atoms with Gasteiger partial charge in [0, 0.05) is 17.5 Å². The van der Waals surface area contributed by atoms with Crippen molar-refractivity contribution in [2.75, 3.05) is 25.9 Å². The molecule has 206 valence electrons. The number of nitrogens with two attached hydrogens (primary N) is 1. The summed E-state index contributed by atoms with van der Waals surface area (Å²) >= 11 is 0. The van der Waals surface area contributed by atoms with Crippen LogP contribution in [0.1, 0.15) is 57.2 Å². The van der Waals surface area contributed by atoms with Crippen molar-refractivity contribution in [3.05, 3.63) is 82.1 Å². The smallest absolute Gasteiger partial charge is 0.383 e. The van der Waals surface area contributed by atoms with Crippen molar-refractivity contribution >= 4 is 22.6 Å². The van der Waals surface area contributed by atoms with Gasteiger partial charge in [-0.15, -0.1) is 0 Å². The second-order valence-electron chi connectivity index (χ2n) is 9.98. The van der Waals surface area contributed by atoms with Crippen LogP contribution in [0.3, 0.4) is 0 Å². The van der Waals surface area contributed by atoms with Gasteiger partial charge in [-0.25, -0.2) is 19.0 Å². The number of aryl methyl sites for hydroxylation is 1. The standard InChI is InChI=1S/C29H26F4N6O/c1-17-3-4-18(14-25(40)20-5-7-23(30)22(15-20)29(31,32)33)13-19(17)6-8-24-26-27(34)35-16-36-28(26)39(37-24)21-9-11-38(2)12-10-21/h3-5,7,13,15-16,21H,9-12,14H2,1-2H3,(H2,34,35,36). The first-order chi connectivity index (χ1) is 19.0. The maximum atomic E-state index is 13.7. The van der Waals surface area contributed by atoms with E-state index in [1.165, 1.54) is 6.33 Å². The van der Waals surface area contributed by atoms with Crippen molar-refractivity contribution in [3.8, 4) is 11.8 Å². The lowest BCUT2D eigenvalue weighted by Crippen LogP contribution is -2.32. The molecule has 5 rings (SSSR count). The third-order valence-corrected chi connectivity index (χ3v) is 7.13. The van der Waals surface area contributed by atoms with Crippen LogP contribution in [0.15, 0.2) is 42.7 Å². The topological polar surface area (TPSA) is 89.9 Å². The van der Waals surface area contributed by atoms with E-state index in [0.29, 0.717) is 40.0 Å². The summed E-state index contributed by atoms with van der Waals surface area (Å²) in [5, 5.41) is 5.33. The molecular weight excluding hydrogens is 524 g/mol. The molecule has 1 aliphatic heterocycles. The predicted molar refractivity (Wildman–Crippen MR) is 142 cm³/mol. The van der Waals surface area contributed by atoms with Crippen molar-refractivity contribution in [2.24, 2.45) is 0 Å². The van der Waals surface area contributed by atoms with Crippen LogP contribution < -0.4 is 5.73 Å². The van der Waals surface area contributed by atoms with Gasteiger partial charge < -0.3 is 10.6 Å². The molecule has 2 N–H and O–H groups in total. The SMILES string of the molecule is Cc1ccc(CC(=O)c2ccc(F)c(C(F)(F)F)c2)cc1C#Cc1nn(C2CCN(C)CC2)c2ncnc(N)c12. The zero-order valence-electron chi connectivity index (χ0n) is 21.9. The molecule has 2 aromatic heterocycles. The highest BCUT2D eigenvalue weighted by molar-refractivity contribution is 5.97. The molecule has 1 fully saturated rings. The molecule has 4 aromatic rings. The lowest BCUT2D eigenvalue weighted by atomic mass is 9.98. The summed E-state index contributed by atoms with van der Waals surface area (Å²) in [4.78, 5) is 23.6. The summed E-state index contributed by atoms with van der Waals surface area (Å²) in [6.45, 7) is 3.74. The van der Waals surface area contributed by atoms with Gasteiger partial charge in [0.2, 0.25) is 0 Å². The molecule has 0 spiro atoms. The number of nitrogens with zero attached hydrogens (tertiary/aromatic N) is 5. The molecule has 0 amide bonds. The van der Waals surface area contributed by atoms with Gasteiger partial charge in [0.25, 0.3) is 0 Å². The molecule has 3 heterocycles. The number of benzene rings is 2. The van der Waals surface area contributed by atoms with Gasteiger partial charge in [-0.05, 0) is 81.2 Å². The minimum atomic E-state index is -4.90. The zero-order chi connectivity index (χ0) is 28.6. The Kier molecular flexibility index (Phi) is 7.29. The molecule has 1 aliphatic rings. The van der Waals surface area contributed by atoms with E-state index in [1.807, 2.05) is 11.6 Å². The van der Waals surface area contributed by atoms with E-state index in [-0.39, 0.29) is 23.8 Å². The van der Waals surface area contributed by atoms with Gasteiger partial charge >= 0.3 is 6.18 Å². The first kappa shape index (κ1) is 27.3. The number of nitrogen functional groups attached to an aromatic ring is 1. The van der Waals surface area contributed by atoms with E-state index in [9.17, 15) is 22.4 Å². The van der Waals surface area contributed by atoms with Gasteiger partial charge in [0.15, 0.2) is 11.4 Å². The van der Waals surface area contributed by atoms with E-state index in [4.69, 9.17) is 10.8 Å². The van der Waals surface area contributed by atoms with Crippen LogP contribution >= 0.6 is 0 Å². The van der Waals surface area contributed by atoms with Gasteiger partial charge in [-0.1, -0.05) is 18.1 Å². The van der Waals surface area contributed by atoms with Crippen molar-refractivity contribution in [2.45, 2.75) is 38.4 Å². The molecule has 40 heavy (non-hydrogen) atoms. The summed E-state index contributed by atoms with van der Waals surface area (Å²) in [6, 6.07) is 7.62. The summed E-state index contributed by atoms with van der Waals surface area (Å²) in [6.07, 6.45) is -1.83. The number of alkyl halides is 3. The Hall–Kier alpha value is -4.30. The highest BCUT2D eigenvalue weighted by Gasteiger charge is 2.34. The Balaban J connectivity index is 1.44. The average molecular weight is 551 g/mol. The minimum Gasteiger partial charge on any atom is -0.383 e. The van der Waals surface area contributed by atoms with Crippen LogP contribution in [-0.2, 0) is 12.6 Å². The van der Waals surface area contributed by atoms with Gasteiger partial charge in [-0.3, -0.25) is 4.79 Å². The molecule has 0 aliphatic carbocycles. The Morgan fingerprint density at radius 3 is 2.58 bits per heavy atom. The number of carbonyl (C=O) groups excluding carboxylic acids is 1. The number of aromatic nitrogens is 4.